The van der Waals surface area contributed by atoms with Gasteiger partial charge < -0.3 is 0 Å². The molecule has 0 aromatic carbocycles. The molecular weight excluding hydrogens is 324 g/mol. The Hall–Kier alpha value is -0.380. The normalized spacial score (nSPS) is 30.5. The molecule has 0 radical (unpaired) electrons. The van der Waals surface area contributed by atoms with E-state index in [1.54, 1.807) is 0 Å². The quantitative estimate of drug-likeness (QED) is 0.814. The number of pyridine rings is 1. The van der Waals surface area contributed by atoms with Gasteiger partial charge in [-0.15, -0.1) is 0 Å². The van der Waals surface area contributed by atoms with Crippen LogP contribution in [0.15, 0.2) is 34.5 Å². The summed E-state index contributed by atoms with van der Waals surface area (Å²) in [6, 6.07) is 3.55. The zero-order chi connectivity index (χ0) is 13.4. The van der Waals surface area contributed by atoms with E-state index in [4.69, 9.17) is 11.6 Å². The topological polar surface area (TPSA) is 16.1 Å². The van der Waals surface area contributed by atoms with Crippen LogP contribution in [0.2, 0.25) is 0 Å². The molecule has 3 heterocycles. The minimum Gasteiger partial charge on any atom is -0.292 e. The summed E-state index contributed by atoms with van der Waals surface area (Å²) < 4.78 is 1.08. The molecule has 19 heavy (non-hydrogen) atoms. The number of fused-ring (bicyclic) bond motifs is 2. The van der Waals surface area contributed by atoms with E-state index in [0.717, 1.165) is 16.0 Å². The maximum Gasteiger partial charge on any atom is 0.0410 e. The molecule has 1 aromatic rings. The largest absolute Gasteiger partial charge is 0.292 e. The van der Waals surface area contributed by atoms with Crippen molar-refractivity contribution in [1.29, 1.82) is 0 Å². The number of aromatic nitrogens is 1. The Morgan fingerprint density at radius 3 is 2.63 bits per heavy atom. The van der Waals surface area contributed by atoms with Gasteiger partial charge in [-0.1, -0.05) is 18.2 Å². The SMILES string of the molecule is C=C(Cl)CN1[C@@H]2CC[C@H]1CC(c1cncc(Br)c1)C2. The van der Waals surface area contributed by atoms with Gasteiger partial charge in [0.05, 0.1) is 0 Å². The maximum absolute atomic E-state index is 5.99. The van der Waals surface area contributed by atoms with Crippen LogP contribution in [0.25, 0.3) is 0 Å². The number of rotatable bonds is 3. The van der Waals surface area contributed by atoms with E-state index in [-0.39, 0.29) is 0 Å². The van der Waals surface area contributed by atoms with Gasteiger partial charge >= 0.3 is 0 Å². The molecule has 3 atom stereocenters. The van der Waals surface area contributed by atoms with Crippen molar-refractivity contribution in [2.24, 2.45) is 0 Å². The second-order valence-corrected chi connectivity index (χ2v) is 7.13. The number of hydrogen-bond donors (Lipinski definition) is 0. The average molecular weight is 342 g/mol. The van der Waals surface area contributed by atoms with Crippen LogP contribution in [0.4, 0.5) is 0 Å². The summed E-state index contributed by atoms with van der Waals surface area (Å²) in [5.74, 6) is 0.641. The Labute approximate surface area is 128 Å². The van der Waals surface area contributed by atoms with Crippen molar-refractivity contribution in [3.63, 3.8) is 0 Å². The van der Waals surface area contributed by atoms with Gasteiger partial charge in [0, 0.05) is 40.5 Å². The number of piperidine rings is 1. The molecule has 2 bridgehead atoms. The van der Waals surface area contributed by atoms with Gasteiger partial charge in [-0.3, -0.25) is 9.88 Å². The second kappa shape index (κ2) is 5.55. The fourth-order valence-corrected chi connectivity index (χ4v) is 4.17. The summed E-state index contributed by atoms with van der Waals surface area (Å²) in [6.45, 7) is 4.69. The molecule has 0 amide bonds. The summed E-state index contributed by atoms with van der Waals surface area (Å²) in [4.78, 5) is 6.85. The predicted molar refractivity (Wildman–Crippen MR) is 82.4 cm³/mol. The smallest absolute Gasteiger partial charge is 0.0410 e. The van der Waals surface area contributed by atoms with E-state index in [9.17, 15) is 0 Å². The highest BCUT2D eigenvalue weighted by Crippen LogP contribution is 2.43. The molecule has 0 N–H and O–H groups in total. The molecule has 0 aliphatic carbocycles. The minimum atomic E-state index is 0.641. The van der Waals surface area contributed by atoms with Crippen molar-refractivity contribution in [3.05, 3.63) is 40.1 Å². The first-order valence-corrected chi connectivity index (χ1v) is 8.00. The summed E-state index contributed by atoms with van der Waals surface area (Å²) in [6.07, 6.45) is 8.91. The molecule has 0 saturated carbocycles. The monoisotopic (exact) mass is 340 g/mol. The lowest BCUT2D eigenvalue weighted by atomic mass is 9.86. The van der Waals surface area contributed by atoms with Crippen molar-refractivity contribution in [1.82, 2.24) is 9.88 Å². The van der Waals surface area contributed by atoms with Crippen LogP contribution in [0.3, 0.4) is 0 Å². The Kier molecular flexibility index (Phi) is 3.97. The fraction of sp³-hybridized carbons (Fsp3) is 0.533. The highest BCUT2D eigenvalue weighted by molar-refractivity contribution is 9.10. The van der Waals surface area contributed by atoms with Gasteiger partial charge in [-0.25, -0.2) is 0 Å². The molecule has 0 spiro atoms. The van der Waals surface area contributed by atoms with Gasteiger partial charge in [-0.2, -0.15) is 0 Å². The Morgan fingerprint density at radius 1 is 1.37 bits per heavy atom. The third-order valence-electron chi connectivity index (χ3n) is 4.44. The van der Waals surface area contributed by atoms with Gasteiger partial charge in [-0.05, 0) is 59.2 Å². The van der Waals surface area contributed by atoms with Crippen molar-refractivity contribution >= 4 is 27.5 Å². The van der Waals surface area contributed by atoms with Crippen LogP contribution >= 0.6 is 27.5 Å². The van der Waals surface area contributed by atoms with Crippen LogP contribution in [0.5, 0.6) is 0 Å². The molecular formula is C15H18BrClN2. The van der Waals surface area contributed by atoms with E-state index in [1.807, 2.05) is 12.4 Å². The summed E-state index contributed by atoms with van der Waals surface area (Å²) in [7, 11) is 0. The third-order valence-corrected chi connectivity index (χ3v) is 4.99. The molecule has 3 rings (SSSR count). The first kappa shape index (κ1) is 13.6. The highest BCUT2D eigenvalue weighted by atomic mass is 79.9. The molecule has 102 valence electrons. The predicted octanol–water partition coefficient (Wildman–Crippen LogP) is 4.31. The Bertz CT molecular complexity index is 477. The van der Waals surface area contributed by atoms with Crippen molar-refractivity contribution in [2.45, 2.75) is 43.7 Å². The van der Waals surface area contributed by atoms with Gasteiger partial charge in [0.15, 0.2) is 0 Å². The molecule has 1 aromatic heterocycles. The van der Waals surface area contributed by atoms with Crippen molar-refractivity contribution in [2.75, 3.05) is 6.54 Å². The molecule has 2 aliphatic heterocycles. The number of nitrogens with zero attached hydrogens (tertiary/aromatic N) is 2. The molecule has 4 heteroatoms. The Balaban J connectivity index is 1.75. The van der Waals surface area contributed by atoms with E-state index in [0.29, 0.717) is 18.0 Å². The lowest BCUT2D eigenvalue weighted by Gasteiger charge is -2.39. The van der Waals surface area contributed by atoms with E-state index >= 15 is 0 Å². The van der Waals surface area contributed by atoms with Crippen LogP contribution in [0, 0.1) is 0 Å². The molecule has 2 saturated heterocycles. The number of halogens is 2. The molecule has 2 fully saturated rings. The zero-order valence-corrected chi connectivity index (χ0v) is 13.2. The summed E-state index contributed by atoms with van der Waals surface area (Å²) in [5.41, 5.74) is 1.37. The maximum atomic E-state index is 5.99. The average Bonchev–Trinajstić information content (AvgIpc) is 2.61. The second-order valence-electron chi connectivity index (χ2n) is 5.68. The van der Waals surface area contributed by atoms with E-state index < -0.39 is 0 Å². The molecule has 2 aliphatic rings. The van der Waals surface area contributed by atoms with Crippen molar-refractivity contribution < 1.29 is 0 Å². The lowest BCUT2D eigenvalue weighted by molar-refractivity contribution is 0.141. The third kappa shape index (κ3) is 2.88. The van der Waals surface area contributed by atoms with Crippen LogP contribution in [0.1, 0.15) is 37.2 Å². The minimum absolute atomic E-state index is 0.641. The standard InChI is InChI=1S/C15H18BrClN2/c1-10(17)9-19-14-2-3-15(19)6-11(5-14)12-4-13(16)8-18-7-12/h4,7-8,11,14-15H,1-3,5-6,9H2/t11?,14-,15+. The fourth-order valence-electron chi connectivity index (χ4n) is 3.65. The first-order chi connectivity index (χ1) is 9.13. The van der Waals surface area contributed by atoms with Crippen molar-refractivity contribution in [3.8, 4) is 0 Å². The molecule has 1 unspecified atom stereocenters. The Morgan fingerprint density at radius 2 is 2.05 bits per heavy atom. The van der Waals surface area contributed by atoms with Crippen LogP contribution < -0.4 is 0 Å². The van der Waals surface area contributed by atoms with E-state index in [2.05, 4.69) is 38.5 Å². The van der Waals surface area contributed by atoms with E-state index in [1.165, 1.54) is 31.2 Å². The number of hydrogen-bond acceptors (Lipinski definition) is 2. The zero-order valence-electron chi connectivity index (χ0n) is 10.9. The van der Waals surface area contributed by atoms with Gasteiger partial charge in [0.25, 0.3) is 0 Å². The van der Waals surface area contributed by atoms with Gasteiger partial charge in [0.2, 0.25) is 0 Å². The van der Waals surface area contributed by atoms with Crippen LogP contribution in [-0.2, 0) is 0 Å². The van der Waals surface area contributed by atoms with Crippen LogP contribution in [-0.4, -0.2) is 28.5 Å². The lowest BCUT2D eigenvalue weighted by Crippen LogP contribution is -2.42. The van der Waals surface area contributed by atoms with Gasteiger partial charge in [0.1, 0.15) is 0 Å². The summed E-state index contributed by atoms with van der Waals surface area (Å²) in [5, 5.41) is 0.763. The summed E-state index contributed by atoms with van der Waals surface area (Å²) >= 11 is 9.51. The molecule has 2 nitrogen and oxygen atoms in total. The highest BCUT2D eigenvalue weighted by Gasteiger charge is 2.40. The first-order valence-electron chi connectivity index (χ1n) is 6.83.